The predicted octanol–water partition coefficient (Wildman–Crippen LogP) is 1.73. The second kappa shape index (κ2) is 5.89. The highest BCUT2D eigenvalue weighted by molar-refractivity contribution is 4.96. The quantitative estimate of drug-likeness (QED) is 0.712. The van der Waals surface area contributed by atoms with Crippen LogP contribution < -0.4 is 5.32 Å². The highest BCUT2D eigenvalue weighted by Crippen LogP contribution is 2.44. The second-order valence-corrected chi connectivity index (χ2v) is 6.57. The third-order valence-electron chi connectivity index (χ3n) is 4.84. The van der Waals surface area contributed by atoms with Crippen molar-refractivity contribution in [3.63, 3.8) is 0 Å². The van der Waals surface area contributed by atoms with E-state index >= 15 is 0 Å². The fourth-order valence-electron chi connectivity index (χ4n) is 3.51. The third-order valence-corrected chi connectivity index (χ3v) is 4.84. The summed E-state index contributed by atoms with van der Waals surface area (Å²) in [5.41, 5.74) is 0. The summed E-state index contributed by atoms with van der Waals surface area (Å²) in [5, 5.41) is 3.84. The molecule has 0 aromatic carbocycles. The molecule has 3 fully saturated rings. The first-order valence-corrected chi connectivity index (χ1v) is 7.81. The average molecular weight is 252 g/mol. The van der Waals surface area contributed by atoms with Crippen molar-refractivity contribution in [3.8, 4) is 0 Å². The first-order chi connectivity index (χ1) is 8.86. The highest BCUT2D eigenvalue weighted by atomic mass is 16.5. The topological polar surface area (TPSA) is 24.5 Å². The number of hydrogen-bond donors (Lipinski definition) is 1. The number of ether oxygens (including phenoxy) is 1. The van der Waals surface area contributed by atoms with Crippen molar-refractivity contribution in [2.24, 2.45) is 17.8 Å². The molecule has 1 heterocycles. The Labute approximate surface area is 111 Å². The van der Waals surface area contributed by atoms with Crippen LogP contribution in [0, 0.1) is 17.8 Å². The van der Waals surface area contributed by atoms with Gasteiger partial charge in [0.05, 0.1) is 6.61 Å². The minimum absolute atomic E-state index is 0.776. The van der Waals surface area contributed by atoms with Gasteiger partial charge in [-0.05, 0) is 56.4 Å². The molecule has 0 radical (unpaired) electrons. The molecule has 1 N–H and O–H groups in total. The summed E-state index contributed by atoms with van der Waals surface area (Å²) in [4.78, 5) is 2.60. The fraction of sp³-hybridized carbons (Fsp3) is 1.00. The summed E-state index contributed by atoms with van der Waals surface area (Å²) >= 11 is 0. The molecule has 18 heavy (non-hydrogen) atoms. The molecule has 3 aliphatic rings. The number of nitrogens with zero attached hydrogens (tertiary/aromatic N) is 1. The van der Waals surface area contributed by atoms with Crippen LogP contribution in [-0.2, 0) is 4.74 Å². The van der Waals surface area contributed by atoms with Gasteiger partial charge < -0.3 is 15.0 Å². The highest BCUT2D eigenvalue weighted by Gasteiger charge is 2.40. The van der Waals surface area contributed by atoms with Crippen LogP contribution in [0.25, 0.3) is 0 Å². The van der Waals surface area contributed by atoms with Crippen LogP contribution >= 0.6 is 0 Å². The molecule has 2 saturated carbocycles. The summed E-state index contributed by atoms with van der Waals surface area (Å²) in [5.74, 6) is 2.83. The minimum Gasteiger partial charge on any atom is -0.384 e. The Hall–Kier alpha value is -0.120. The van der Waals surface area contributed by atoms with Gasteiger partial charge in [0.1, 0.15) is 0 Å². The molecular weight excluding hydrogens is 224 g/mol. The van der Waals surface area contributed by atoms with Crippen molar-refractivity contribution in [2.45, 2.75) is 38.1 Å². The molecule has 1 aliphatic heterocycles. The maximum atomic E-state index is 5.25. The van der Waals surface area contributed by atoms with Gasteiger partial charge >= 0.3 is 0 Å². The van der Waals surface area contributed by atoms with E-state index in [9.17, 15) is 0 Å². The van der Waals surface area contributed by atoms with Crippen molar-refractivity contribution < 1.29 is 4.74 Å². The van der Waals surface area contributed by atoms with E-state index in [0.717, 1.165) is 30.4 Å². The summed E-state index contributed by atoms with van der Waals surface area (Å²) in [6.45, 7) is 5.88. The van der Waals surface area contributed by atoms with Crippen LogP contribution in [0.5, 0.6) is 0 Å². The van der Waals surface area contributed by atoms with E-state index in [1.54, 1.807) is 0 Å². The van der Waals surface area contributed by atoms with Gasteiger partial charge in [0.25, 0.3) is 0 Å². The van der Waals surface area contributed by atoms with Gasteiger partial charge in [0, 0.05) is 32.8 Å². The van der Waals surface area contributed by atoms with Crippen molar-refractivity contribution in [1.82, 2.24) is 10.2 Å². The molecule has 0 amide bonds. The predicted molar refractivity (Wildman–Crippen MR) is 73.7 cm³/mol. The molecule has 2 aliphatic carbocycles. The minimum atomic E-state index is 0.776. The Morgan fingerprint density at radius 3 is 2.50 bits per heavy atom. The average Bonchev–Trinajstić information content (AvgIpc) is 3.27. The summed E-state index contributed by atoms with van der Waals surface area (Å²) in [6, 6.07) is 0.863. The number of methoxy groups -OCH3 is 1. The number of likely N-dealkylation sites (tertiary alicyclic amines) is 1. The molecule has 1 atom stereocenters. The maximum Gasteiger partial charge on any atom is 0.0503 e. The Morgan fingerprint density at radius 2 is 1.89 bits per heavy atom. The van der Waals surface area contributed by atoms with Gasteiger partial charge in [-0.1, -0.05) is 0 Å². The van der Waals surface area contributed by atoms with Crippen LogP contribution in [0.1, 0.15) is 32.1 Å². The van der Waals surface area contributed by atoms with Gasteiger partial charge in [-0.25, -0.2) is 0 Å². The van der Waals surface area contributed by atoms with Crippen LogP contribution in [0.2, 0.25) is 0 Å². The zero-order valence-corrected chi connectivity index (χ0v) is 11.7. The molecule has 3 heteroatoms. The van der Waals surface area contributed by atoms with E-state index in [1.165, 1.54) is 58.3 Å². The summed E-state index contributed by atoms with van der Waals surface area (Å²) in [7, 11) is 1.82. The molecule has 0 aromatic heterocycles. The first-order valence-electron chi connectivity index (χ1n) is 7.81. The van der Waals surface area contributed by atoms with Crippen LogP contribution in [0.4, 0.5) is 0 Å². The molecular formula is C15H28N2O. The van der Waals surface area contributed by atoms with E-state index in [1.807, 2.05) is 7.11 Å². The molecule has 0 bridgehead atoms. The smallest absolute Gasteiger partial charge is 0.0503 e. The van der Waals surface area contributed by atoms with Gasteiger partial charge in [-0.2, -0.15) is 0 Å². The number of hydrogen-bond acceptors (Lipinski definition) is 3. The lowest BCUT2D eigenvalue weighted by atomic mass is 10.1. The zero-order chi connectivity index (χ0) is 12.4. The summed E-state index contributed by atoms with van der Waals surface area (Å²) in [6.07, 6.45) is 7.24. The Kier molecular flexibility index (Phi) is 4.22. The third kappa shape index (κ3) is 3.46. The van der Waals surface area contributed by atoms with E-state index < -0.39 is 0 Å². The molecule has 1 unspecified atom stereocenters. The molecule has 1 saturated heterocycles. The lowest BCUT2D eigenvalue weighted by Gasteiger charge is -2.21. The Balaban J connectivity index is 1.32. The van der Waals surface area contributed by atoms with E-state index in [-0.39, 0.29) is 0 Å². The van der Waals surface area contributed by atoms with E-state index in [2.05, 4.69) is 10.2 Å². The van der Waals surface area contributed by atoms with E-state index in [4.69, 9.17) is 4.74 Å². The Bertz CT molecular complexity index is 251. The van der Waals surface area contributed by atoms with Crippen LogP contribution in [0.15, 0.2) is 0 Å². The normalized spacial score (nSPS) is 29.3. The monoisotopic (exact) mass is 252 g/mol. The van der Waals surface area contributed by atoms with Gasteiger partial charge in [-0.15, -0.1) is 0 Å². The van der Waals surface area contributed by atoms with Crippen molar-refractivity contribution in [1.29, 1.82) is 0 Å². The zero-order valence-electron chi connectivity index (χ0n) is 11.7. The lowest BCUT2D eigenvalue weighted by molar-refractivity contribution is 0.153. The molecule has 104 valence electrons. The number of nitrogens with one attached hydrogen (secondary N) is 1. The van der Waals surface area contributed by atoms with Gasteiger partial charge in [0.15, 0.2) is 0 Å². The van der Waals surface area contributed by atoms with Crippen molar-refractivity contribution >= 4 is 0 Å². The van der Waals surface area contributed by atoms with Gasteiger partial charge in [-0.3, -0.25) is 0 Å². The molecule has 3 nitrogen and oxygen atoms in total. The SMILES string of the molecule is COCC1CCN(CCNC(C2CC2)C2CC2)C1. The molecule has 3 rings (SSSR count). The molecule has 0 spiro atoms. The second-order valence-electron chi connectivity index (χ2n) is 6.57. The van der Waals surface area contributed by atoms with Crippen molar-refractivity contribution in [2.75, 3.05) is 39.9 Å². The van der Waals surface area contributed by atoms with E-state index in [0.29, 0.717) is 0 Å². The van der Waals surface area contributed by atoms with Gasteiger partial charge in [0.2, 0.25) is 0 Å². The largest absolute Gasteiger partial charge is 0.384 e. The summed E-state index contributed by atoms with van der Waals surface area (Å²) < 4.78 is 5.25. The molecule has 0 aromatic rings. The van der Waals surface area contributed by atoms with Crippen LogP contribution in [0.3, 0.4) is 0 Å². The lowest BCUT2D eigenvalue weighted by Crippen LogP contribution is -2.39. The fourth-order valence-corrected chi connectivity index (χ4v) is 3.51. The number of rotatable bonds is 8. The van der Waals surface area contributed by atoms with Crippen LogP contribution in [-0.4, -0.2) is 50.8 Å². The van der Waals surface area contributed by atoms with Crippen molar-refractivity contribution in [3.05, 3.63) is 0 Å². The maximum absolute atomic E-state index is 5.25. The Morgan fingerprint density at radius 1 is 1.17 bits per heavy atom. The first kappa shape index (κ1) is 12.9. The standard InChI is InChI=1S/C15H28N2O/c1-18-11-12-6-8-17(10-12)9-7-16-15(13-2-3-13)14-4-5-14/h12-16H,2-11H2,1H3.